The predicted octanol–water partition coefficient (Wildman–Crippen LogP) is 3.95. The molecule has 1 amide bonds. The summed E-state index contributed by atoms with van der Waals surface area (Å²) in [5.74, 6) is 0.440. The first kappa shape index (κ1) is 15.0. The topological polar surface area (TPSA) is 29.1 Å². The summed E-state index contributed by atoms with van der Waals surface area (Å²) in [4.78, 5) is 12.1. The number of benzene rings is 1. The summed E-state index contributed by atoms with van der Waals surface area (Å²) in [6.45, 7) is 6.23. The molecule has 17 heavy (non-hydrogen) atoms. The van der Waals surface area contributed by atoms with Crippen LogP contribution in [0, 0.1) is 12.8 Å². The molecular weight excluding hydrogens is 393 g/mol. The van der Waals surface area contributed by atoms with Crippen LogP contribution in [-0.4, -0.2) is 16.4 Å². The van der Waals surface area contributed by atoms with Gasteiger partial charge in [0.05, 0.1) is 5.56 Å². The number of nitrogens with one attached hydrogen (secondary N) is 1. The third kappa shape index (κ3) is 4.25. The number of rotatable bonds is 4. The van der Waals surface area contributed by atoms with E-state index in [1.165, 1.54) is 0 Å². The summed E-state index contributed by atoms with van der Waals surface area (Å²) < 4.78 is 1.77. The highest BCUT2D eigenvalue weighted by Crippen LogP contribution is 2.18. The monoisotopic (exact) mass is 409 g/mol. The average Bonchev–Trinajstić information content (AvgIpc) is 2.28. The van der Waals surface area contributed by atoms with Crippen LogP contribution < -0.4 is 5.32 Å². The second kappa shape index (κ2) is 6.73. The molecular formula is C13H17BrINO. The van der Waals surface area contributed by atoms with Crippen molar-refractivity contribution < 1.29 is 4.79 Å². The van der Waals surface area contributed by atoms with Crippen LogP contribution >= 0.6 is 38.5 Å². The van der Waals surface area contributed by atoms with Crippen LogP contribution in [0.5, 0.6) is 0 Å². The van der Waals surface area contributed by atoms with Gasteiger partial charge < -0.3 is 5.32 Å². The summed E-state index contributed by atoms with van der Waals surface area (Å²) in [6, 6.07) is 6.03. The predicted molar refractivity (Wildman–Crippen MR) is 83.9 cm³/mol. The van der Waals surface area contributed by atoms with E-state index in [-0.39, 0.29) is 11.9 Å². The zero-order valence-corrected chi connectivity index (χ0v) is 14.0. The molecule has 0 radical (unpaired) electrons. The molecule has 1 rings (SSSR count). The van der Waals surface area contributed by atoms with Gasteiger partial charge in [0.15, 0.2) is 0 Å². The van der Waals surface area contributed by atoms with E-state index in [0.29, 0.717) is 11.5 Å². The van der Waals surface area contributed by atoms with Gasteiger partial charge in [-0.1, -0.05) is 48.1 Å². The molecule has 94 valence electrons. The van der Waals surface area contributed by atoms with E-state index in [0.717, 1.165) is 14.5 Å². The van der Waals surface area contributed by atoms with Crippen molar-refractivity contribution in [2.45, 2.75) is 26.8 Å². The zero-order chi connectivity index (χ0) is 13.0. The number of halogens is 2. The first-order valence-corrected chi connectivity index (χ1v) is 7.90. The van der Waals surface area contributed by atoms with Gasteiger partial charge in [-0.15, -0.1) is 0 Å². The fourth-order valence-corrected chi connectivity index (χ4v) is 3.11. The number of carbonyl (C=O) groups excluding carboxylic acids is 1. The first-order valence-electron chi connectivity index (χ1n) is 5.58. The second-order valence-corrected chi connectivity index (χ2v) is 6.20. The molecule has 2 nitrogen and oxygen atoms in total. The SMILES string of the molecule is Cc1ccc(Br)c(C(=O)NC(CI)C(C)C)c1. The minimum Gasteiger partial charge on any atom is -0.348 e. The Morgan fingerprint density at radius 3 is 2.65 bits per heavy atom. The van der Waals surface area contributed by atoms with Crippen LogP contribution in [0.25, 0.3) is 0 Å². The summed E-state index contributed by atoms with van der Waals surface area (Å²) in [5, 5.41) is 3.07. The highest BCUT2D eigenvalue weighted by atomic mass is 127. The molecule has 0 saturated heterocycles. The molecule has 0 aliphatic carbocycles. The minimum atomic E-state index is -0.00376. The van der Waals surface area contributed by atoms with Gasteiger partial charge in [-0.3, -0.25) is 4.79 Å². The molecule has 1 atom stereocenters. The maximum atomic E-state index is 12.1. The number of carbonyl (C=O) groups is 1. The Hall–Kier alpha value is -0.100. The van der Waals surface area contributed by atoms with E-state index in [4.69, 9.17) is 0 Å². The number of alkyl halides is 1. The third-order valence-electron chi connectivity index (χ3n) is 2.65. The Bertz CT molecular complexity index is 406. The summed E-state index contributed by atoms with van der Waals surface area (Å²) in [5.41, 5.74) is 1.80. The van der Waals surface area contributed by atoms with Crippen molar-refractivity contribution in [1.82, 2.24) is 5.32 Å². The Morgan fingerprint density at radius 2 is 2.12 bits per heavy atom. The maximum absolute atomic E-state index is 12.1. The quantitative estimate of drug-likeness (QED) is 0.592. The van der Waals surface area contributed by atoms with Gasteiger partial charge in [-0.2, -0.15) is 0 Å². The van der Waals surface area contributed by atoms with Crippen molar-refractivity contribution in [3.05, 3.63) is 33.8 Å². The lowest BCUT2D eigenvalue weighted by molar-refractivity contribution is 0.0931. The van der Waals surface area contributed by atoms with Crippen molar-refractivity contribution in [2.24, 2.45) is 5.92 Å². The van der Waals surface area contributed by atoms with Crippen LogP contribution in [0.2, 0.25) is 0 Å². The van der Waals surface area contributed by atoms with E-state index in [9.17, 15) is 4.79 Å². The van der Waals surface area contributed by atoms with E-state index in [1.54, 1.807) is 0 Å². The smallest absolute Gasteiger partial charge is 0.252 e. The van der Waals surface area contributed by atoms with Crippen LogP contribution in [-0.2, 0) is 0 Å². The lowest BCUT2D eigenvalue weighted by Gasteiger charge is -2.20. The van der Waals surface area contributed by atoms with Crippen molar-refractivity contribution in [2.75, 3.05) is 4.43 Å². The molecule has 0 spiro atoms. The Morgan fingerprint density at radius 1 is 1.47 bits per heavy atom. The number of hydrogen-bond donors (Lipinski definition) is 1. The number of hydrogen-bond acceptors (Lipinski definition) is 1. The van der Waals surface area contributed by atoms with Crippen molar-refractivity contribution in [1.29, 1.82) is 0 Å². The molecule has 0 saturated carbocycles. The normalized spacial score (nSPS) is 12.6. The van der Waals surface area contributed by atoms with E-state index < -0.39 is 0 Å². The Balaban J connectivity index is 2.86. The summed E-state index contributed by atoms with van der Waals surface area (Å²) in [7, 11) is 0. The van der Waals surface area contributed by atoms with Gasteiger partial charge in [0.25, 0.3) is 5.91 Å². The van der Waals surface area contributed by atoms with Crippen LogP contribution in [0.1, 0.15) is 29.8 Å². The van der Waals surface area contributed by atoms with Gasteiger partial charge in [0.2, 0.25) is 0 Å². The standard InChI is InChI=1S/C13H17BrINO/c1-8(2)12(7-15)16-13(17)10-6-9(3)4-5-11(10)14/h4-6,8,12H,7H2,1-3H3,(H,16,17). The highest BCUT2D eigenvalue weighted by molar-refractivity contribution is 14.1. The summed E-state index contributed by atoms with van der Waals surface area (Å²) in [6.07, 6.45) is 0. The number of aryl methyl sites for hydroxylation is 1. The lowest BCUT2D eigenvalue weighted by atomic mass is 10.1. The van der Waals surface area contributed by atoms with Gasteiger partial charge in [0.1, 0.15) is 0 Å². The molecule has 0 aliphatic heterocycles. The fourth-order valence-electron chi connectivity index (χ4n) is 1.44. The second-order valence-electron chi connectivity index (χ2n) is 4.46. The first-order chi connectivity index (χ1) is 7.95. The van der Waals surface area contributed by atoms with Gasteiger partial charge >= 0.3 is 0 Å². The van der Waals surface area contributed by atoms with Crippen molar-refractivity contribution in [3.8, 4) is 0 Å². The van der Waals surface area contributed by atoms with Crippen LogP contribution in [0.4, 0.5) is 0 Å². The molecule has 1 unspecified atom stereocenters. The van der Waals surface area contributed by atoms with Gasteiger partial charge in [-0.25, -0.2) is 0 Å². The van der Waals surface area contributed by atoms with E-state index >= 15 is 0 Å². The zero-order valence-electron chi connectivity index (χ0n) is 10.3. The minimum absolute atomic E-state index is 0.00376. The summed E-state index contributed by atoms with van der Waals surface area (Å²) >= 11 is 5.72. The molecule has 0 aromatic heterocycles. The van der Waals surface area contributed by atoms with Crippen molar-refractivity contribution >= 4 is 44.4 Å². The molecule has 0 heterocycles. The molecule has 1 N–H and O–H groups in total. The lowest BCUT2D eigenvalue weighted by Crippen LogP contribution is -2.39. The molecule has 4 heteroatoms. The highest BCUT2D eigenvalue weighted by Gasteiger charge is 2.17. The van der Waals surface area contributed by atoms with Crippen LogP contribution in [0.15, 0.2) is 22.7 Å². The molecule has 1 aromatic carbocycles. The van der Waals surface area contributed by atoms with E-state index in [1.807, 2.05) is 25.1 Å². The van der Waals surface area contributed by atoms with Gasteiger partial charge in [-0.05, 0) is 40.9 Å². The van der Waals surface area contributed by atoms with Crippen LogP contribution in [0.3, 0.4) is 0 Å². The van der Waals surface area contributed by atoms with Crippen molar-refractivity contribution in [3.63, 3.8) is 0 Å². The van der Waals surface area contributed by atoms with Gasteiger partial charge in [0, 0.05) is 14.9 Å². The third-order valence-corrected chi connectivity index (χ3v) is 4.29. The van der Waals surface area contributed by atoms with E-state index in [2.05, 4.69) is 57.7 Å². The molecule has 0 bridgehead atoms. The Labute approximate surface area is 125 Å². The number of amides is 1. The molecule has 0 fully saturated rings. The molecule has 1 aromatic rings. The average molecular weight is 410 g/mol. The Kier molecular flexibility index (Phi) is 5.92. The maximum Gasteiger partial charge on any atom is 0.252 e. The largest absolute Gasteiger partial charge is 0.348 e. The molecule has 0 aliphatic rings. The fraction of sp³-hybridized carbons (Fsp3) is 0.462.